The second-order valence-corrected chi connectivity index (χ2v) is 6.67. The van der Waals surface area contributed by atoms with Crippen LogP contribution < -0.4 is 20.5 Å². The van der Waals surface area contributed by atoms with Crippen LogP contribution in [0.25, 0.3) is 0 Å². The SMILES string of the molecule is COc1cc(NC(=O)CCC(C)N)c(C(=O)N2CCCCC2)cc1OC. The molecular formula is C19H29N3O4. The Kier molecular flexibility index (Phi) is 7.26. The molecule has 1 aromatic carbocycles. The van der Waals surface area contributed by atoms with E-state index in [0.29, 0.717) is 35.6 Å². The number of ether oxygens (including phenoxy) is 2. The Hall–Kier alpha value is -2.28. The van der Waals surface area contributed by atoms with Crippen LogP contribution in [0.1, 0.15) is 49.4 Å². The molecule has 1 fully saturated rings. The smallest absolute Gasteiger partial charge is 0.256 e. The van der Waals surface area contributed by atoms with E-state index in [1.165, 1.54) is 14.2 Å². The predicted molar refractivity (Wildman–Crippen MR) is 101 cm³/mol. The highest BCUT2D eigenvalue weighted by molar-refractivity contribution is 6.04. The molecule has 2 rings (SSSR count). The van der Waals surface area contributed by atoms with E-state index in [-0.39, 0.29) is 17.9 Å². The third kappa shape index (κ3) is 5.11. The first-order valence-electron chi connectivity index (χ1n) is 9.07. The molecular weight excluding hydrogens is 334 g/mol. The molecule has 0 bridgehead atoms. The number of benzene rings is 1. The van der Waals surface area contributed by atoms with Gasteiger partial charge < -0.3 is 25.4 Å². The third-order valence-corrected chi connectivity index (χ3v) is 4.50. The average Bonchev–Trinajstić information content (AvgIpc) is 2.66. The van der Waals surface area contributed by atoms with Crippen molar-refractivity contribution in [1.82, 2.24) is 4.90 Å². The number of hydrogen-bond donors (Lipinski definition) is 2. The fourth-order valence-electron chi connectivity index (χ4n) is 3.00. The van der Waals surface area contributed by atoms with E-state index in [4.69, 9.17) is 15.2 Å². The summed E-state index contributed by atoms with van der Waals surface area (Å²) in [7, 11) is 3.04. The van der Waals surface area contributed by atoms with Gasteiger partial charge in [0.2, 0.25) is 5.91 Å². The lowest BCUT2D eigenvalue weighted by Gasteiger charge is -2.28. The maximum absolute atomic E-state index is 13.0. The Balaban J connectivity index is 2.30. The van der Waals surface area contributed by atoms with Crippen LogP contribution in [0.4, 0.5) is 5.69 Å². The number of amides is 2. The number of anilines is 1. The van der Waals surface area contributed by atoms with Crippen molar-refractivity contribution in [1.29, 1.82) is 0 Å². The van der Waals surface area contributed by atoms with Crippen molar-refractivity contribution in [3.05, 3.63) is 17.7 Å². The van der Waals surface area contributed by atoms with Crippen LogP contribution in [0, 0.1) is 0 Å². The van der Waals surface area contributed by atoms with Crippen molar-refractivity contribution in [3.8, 4) is 11.5 Å². The average molecular weight is 363 g/mol. The zero-order chi connectivity index (χ0) is 19.1. The zero-order valence-corrected chi connectivity index (χ0v) is 15.8. The molecule has 26 heavy (non-hydrogen) atoms. The van der Waals surface area contributed by atoms with E-state index < -0.39 is 0 Å². The molecule has 1 aliphatic rings. The van der Waals surface area contributed by atoms with Crippen LogP contribution in [0.2, 0.25) is 0 Å². The number of likely N-dealkylation sites (tertiary alicyclic amines) is 1. The van der Waals surface area contributed by atoms with Gasteiger partial charge in [0, 0.05) is 31.6 Å². The molecule has 1 saturated heterocycles. The Morgan fingerprint density at radius 1 is 1.15 bits per heavy atom. The minimum absolute atomic E-state index is 0.0550. The summed E-state index contributed by atoms with van der Waals surface area (Å²) < 4.78 is 10.6. The third-order valence-electron chi connectivity index (χ3n) is 4.50. The molecule has 1 atom stereocenters. The van der Waals surface area contributed by atoms with Gasteiger partial charge in [-0.25, -0.2) is 0 Å². The first-order valence-corrected chi connectivity index (χ1v) is 9.07. The molecule has 7 heteroatoms. The molecule has 0 aliphatic carbocycles. The van der Waals surface area contributed by atoms with Crippen molar-refractivity contribution in [2.24, 2.45) is 5.73 Å². The summed E-state index contributed by atoms with van der Waals surface area (Å²) >= 11 is 0. The van der Waals surface area contributed by atoms with Gasteiger partial charge in [-0.15, -0.1) is 0 Å². The monoisotopic (exact) mass is 363 g/mol. The quantitative estimate of drug-likeness (QED) is 0.776. The van der Waals surface area contributed by atoms with Crippen molar-refractivity contribution in [2.45, 2.75) is 45.1 Å². The summed E-state index contributed by atoms with van der Waals surface area (Å²) in [5, 5.41) is 2.83. The van der Waals surface area contributed by atoms with E-state index in [1.54, 1.807) is 12.1 Å². The van der Waals surface area contributed by atoms with Gasteiger partial charge in [-0.3, -0.25) is 9.59 Å². The summed E-state index contributed by atoms with van der Waals surface area (Å²) in [6.45, 7) is 3.31. The van der Waals surface area contributed by atoms with E-state index in [0.717, 1.165) is 32.4 Å². The summed E-state index contributed by atoms with van der Waals surface area (Å²) in [6.07, 6.45) is 4.00. The van der Waals surface area contributed by atoms with Gasteiger partial charge in [-0.1, -0.05) is 0 Å². The number of nitrogens with zero attached hydrogens (tertiary/aromatic N) is 1. The van der Waals surface area contributed by atoms with Crippen LogP contribution >= 0.6 is 0 Å². The number of piperidine rings is 1. The molecule has 1 heterocycles. The van der Waals surface area contributed by atoms with Gasteiger partial charge in [0.1, 0.15) is 0 Å². The maximum Gasteiger partial charge on any atom is 0.256 e. The lowest BCUT2D eigenvalue weighted by molar-refractivity contribution is -0.116. The standard InChI is InChI=1S/C19H29N3O4/c1-13(20)7-8-18(23)21-15-12-17(26-3)16(25-2)11-14(15)19(24)22-9-5-4-6-10-22/h11-13H,4-10,20H2,1-3H3,(H,21,23). The van der Waals surface area contributed by atoms with Gasteiger partial charge >= 0.3 is 0 Å². The molecule has 1 unspecified atom stereocenters. The molecule has 2 amide bonds. The Morgan fingerprint density at radius 3 is 2.35 bits per heavy atom. The summed E-state index contributed by atoms with van der Waals surface area (Å²) in [5.74, 6) is 0.641. The Labute approximate surface area is 154 Å². The van der Waals surface area contributed by atoms with Crippen molar-refractivity contribution < 1.29 is 19.1 Å². The van der Waals surface area contributed by atoms with Crippen LogP contribution in [-0.4, -0.2) is 50.1 Å². The van der Waals surface area contributed by atoms with Crippen molar-refractivity contribution in [3.63, 3.8) is 0 Å². The zero-order valence-electron chi connectivity index (χ0n) is 15.8. The Bertz CT molecular complexity index is 640. The van der Waals surface area contributed by atoms with Gasteiger partial charge in [0.15, 0.2) is 11.5 Å². The molecule has 0 saturated carbocycles. The molecule has 144 valence electrons. The molecule has 3 N–H and O–H groups in total. The lowest BCUT2D eigenvalue weighted by atomic mass is 10.1. The normalized spacial score (nSPS) is 15.3. The minimum atomic E-state index is -0.179. The lowest BCUT2D eigenvalue weighted by Crippen LogP contribution is -2.36. The largest absolute Gasteiger partial charge is 0.493 e. The molecule has 0 radical (unpaired) electrons. The maximum atomic E-state index is 13.0. The molecule has 7 nitrogen and oxygen atoms in total. The van der Waals surface area contributed by atoms with E-state index in [2.05, 4.69) is 5.32 Å². The highest BCUT2D eigenvalue weighted by Gasteiger charge is 2.24. The van der Waals surface area contributed by atoms with E-state index in [9.17, 15) is 9.59 Å². The molecule has 0 aromatic heterocycles. The molecule has 1 aromatic rings. The molecule has 1 aliphatic heterocycles. The number of methoxy groups -OCH3 is 2. The fourth-order valence-corrected chi connectivity index (χ4v) is 3.00. The first kappa shape index (κ1) is 20.0. The van der Waals surface area contributed by atoms with Crippen LogP contribution in [0.3, 0.4) is 0 Å². The van der Waals surface area contributed by atoms with Crippen LogP contribution in [-0.2, 0) is 4.79 Å². The second kappa shape index (κ2) is 9.43. The fraction of sp³-hybridized carbons (Fsp3) is 0.579. The number of hydrogen-bond acceptors (Lipinski definition) is 5. The van der Waals surface area contributed by atoms with Crippen molar-refractivity contribution in [2.75, 3.05) is 32.6 Å². The predicted octanol–water partition coefficient (Wildman–Crippen LogP) is 2.40. The summed E-state index contributed by atoms with van der Waals surface area (Å²) in [4.78, 5) is 27.1. The van der Waals surface area contributed by atoms with E-state index in [1.807, 2.05) is 11.8 Å². The van der Waals surface area contributed by atoms with Gasteiger partial charge in [0.05, 0.1) is 25.5 Å². The van der Waals surface area contributed by atoms with Crippen molar-refractivity contribution >= 4 is 17.5 Å². The van der Waals surface area contributed by atoms with Gasteiger partial charge in [-0.2, -0.15) is 0 Å². The number of carbonyl (C=O) groups is 2. The minimum Gasteiger partial charge on any atom is -0.493 e. The number of nitrogens with one attached hydrogen (secondary N) is 1. The summed E-state index contributed by atoms with van der Waals surface area (Å²) in [6, 6.07) is 3.22. The number of nitrogens with two attached hydrogens (primary N) is 1. The highest BCUT2D eigenvalue weighted by atomic mass is 16.5. The van der Waals surface area contributed by atoms with Crippen LogP contribution in [0.15, 0.2) is 12.1 Å². The summed E-state index contributed by atoms with van der Waals surface area (Å²) in [5.41, 5.74) is 6.57. The second-order valence-electron chi connectivity index (χ2n) is 6.67. The van der Waals surface area contributed by atoms with Gasteiger partial charge in [0.25, 0.3) is 5.91 Å². The first-order chi connectivity index (χ1) is 12.5. The molecule has 0 spiro atoms. The Morgan fingerprint density at radius 2 is 1.77 bits per heavy atom. The number of rotatable bonds is 7. The topological polar surface area (TPSA) is 93.9 Å². The van der Waals surface area contributed by atoms with Crippen LogP contribution in [0.5, 0.6) is 11.5 Å². The van der Waals surface area contributed by atoms with E-state index >= 15 is 0 Å². The van der Waals surface area contributed by atoms with Gasteiger partial charge in [-0.05, 0) is 38.7 Å². The highest BCUT2D eigenvalue weighted by Crippen LogP contribution is 2.34. The number of carbonyl (C=O) groups excluding carboxylic acids is 2.